The molecule has 0 amide bonds. The zero-order valence-corrected chi connectivity index (χ0v) is 12.5. The summed E-state index contributed by atoms with van der Waals surface area (Å²) in [4.78, 5) is 2.37. The summed E-state index contributed by atoms with van der Waals surface area (Å²) in [5.41, 5.74) is 0. The van der Waals surface area contributed by atoms with Crippen molar-refractivity contribution in [3.05, 3.63) is 10.6 Å². The summed E-state index contributed by atoms with van der Waals surface area (Å²) in [6, 6.07) is 0. The van der Waals surface area contributed by atoms with Crippen LogP contribution >= 0.6 is 12.2 Å². The van der Waals surface area contributed by atoms with Crippen molar-refractivity contribution in [3.8, 4) is 0 Å². The van der Waals surface area contributed by atoms with E-state index in [1.165, 1.54) is 18.7 Å². The average molecular weight is 282 g/mol. The van der Waals surface area contributed by atoms with Crippen molar-refractivity contribution in [2.24, 2.45) is 0 Å². The van der Waals surface area contributed by atoms with Gasteiger partial charge >= 0.3 is 0 Å². The largest absolute Gasteiger partial charge is 0.376 e. The van der Waals surface area contributed by atoms with Gasteiger partial charge in [-0.1, -0.05) is 0 Å². The maximum atomic E-state index is 5.57. The number of nitrogens with zero attached hydrogens (tertiary/aromatic N) is 4. The van der Waals surface area contributed by atoms with Crippen molar-refractivity contribution in [3.63, 3.8) is 0 Å². The molecular formula is C13H22N4OS. The predicted molar refractivity (Wildman–Crippen MR) is 75.7 cm³/mol. The van der Waals surface area contributed by atoms with Crippen molar-refractivity contribution in [1.29, 1.82) is 0 Å². The van der Waals surface area contributed by atoms with Crippen LogP contribution in [-0.4, -0.2) is 45.0 Å². The van der Waals surface area contributed by atoms with E-state index in [-0.39, 0.29) is 0 Å². The summed E-state index contributed by atoms with van der Waals surface area (Å²) < 4.78 is 10.6. The van der Waals surface area contributed by atoms with Crippen LogP contribution < -0.4 is 0 Å². The number of aromatic nitrogens is 3. The number of morpholine rings is 1. The minimum atomic E-state index is 0.305. The molecule has 1 saturated heterocycles. The number of ether oxygens (including phenoxy) is 1. The molecule has 1 aliphatic carbocycles. The fraction of sp³-hybridized carbons (Fsp3) is 0.846. The van der Waals surface area contributed by atoms with E-state index in [0.717, 1.165) is 37.7 Å². The zero-order valence-electron chi connectivity index (χ0n) is 11.7. The lowest BCUT2D eigenvalue weighted by Crippen LogP contribution is -2.42. The van der Waals surface area contributed by atoms with Crippen LogP contribution in [0.2, 0.25) is 0 Å². The first kappa shape index (κ1) is 13.3. The number of hydrogen-bond donors (Lipinski definition) is 0. The minimum absolute atomic E-state index is 0.305. The van der Waals surface area contributed by atoms with E-state index in [1.807, 2.05) is 4.68 Å². The Morgan fingerprint density at radius 3 is 2.84 bits per heavy atom. The number of rotatable bonds is 4. The molecule has 2 fully saturated rings. The van der Waals surface area contributed by atoms with Gasteiger partial charge in [-0.3, -0.25) is 4.90 Å². The van der Waals surface area contributed by atoms with Crippen molar-refractivity contribution in [1.82, 2.24) is 19.2 Å². The first-order chi connectivity index (χ1) is 9.19. The van der Waals surface area contributed by atoms with Gasteiger partial charge in [0, 0.05) is 25.6 Å². The van der Waals surface area contributed by atoms with Gasteiger partial charge in [-0.25, -0.2) is 4.68 Å². The Morgan fingerprint density at radius 2 is 2.21 bits per heavy atom. The topological polar surface area (TPSA) is 35.2 Å². The van der Waals surface area contributed by atoms with Crippen LogP contribution in [0.5, 0.6) is 0 Å². The standard InChI is InChI=1S/C13H22N4OS/c1-3-16-12(11-4-5-11)14-17(13(16)19)9-15-6-7-18-10(2)8-15/h10-11H,3-9H2,1-2H3. The molecule has 0 radical (unpaired) electrons. The molecule has 1 aromatic heterocycles. The van der Waals surface area contributed by atoms with Crippen LogP contribution in [0.25, 0.3) is 0 Å². The minimum Gasteiger partial charge on any atom is -0.376 e. The van der Waals surface area contributed by atoms with Crippen LogP contribution in [0.15, 0.2) is 0 Å². The smallest absolute Gasteiger partial charge is 0.199 e. The van der Waals surface area contributed by atoms with Gasteiger partial charge in [0.2, 0.25) is 0 Å². The first-order valence-corrected chi connectivity index (χ1v) is 7.61. The van der Waals surface area contributed by atoms with Crippen LogP contribution in [-0.2, 0) is 18.0 Å². The maximum Gasteiger partial charge on any atom is 0.199 e. The van der Waals surface area contributed by atoms with Crippen molar-refractivity contribution < 1.29 is 4.74 Å². The second-order valence-electron chi connectivity index (χ2n) is 5.56. The highest BCUT2D eigenvalue weighted by atomic mass is 32.1. The third-order valence-electron chi connectivity index (χ3n) is 3.87. The molecule has 1 unspecified atom stereocenters. The second kappa shape index (κ2) is 5.34. The molecule has 3 rings (SSSR count). The van der Waals surface area contributed by atoms with E-state index >= 15 is 0 Å². The quantitative estimate of drug-likeness (QED) is 0.791. The highest BCUT2D eigenvalue weighted by molar-refractivity contribution is 7.71. The molecule has 1 saturated carbocycles. The molecule has 0 aromatic carbocycles. The van der Waals surface area contributed by atoms with Gasteiger partial charge in [-0.2, -0.15) is 5.10 Å². The Balaban J connectivity index is 1.78. The van der Waals surface area contributed by atoms with Crippen LogP contribution in [0.1, 0.15) is 38.4 Å². The van der Waals surface area contributed by atoms with Gasteiger partial charge in [0.05, 0.1) is 19.4 Å². The molecule has 1 aliphatic heterocycles. The van der Waals surface area contributed by atoms with Crippen LogP contribution in [0, 0.1) is 4.77 Å². The number of hydrogen-bond acceptors (Lipinski definition) is 4. The summed E-state index contributed by atoms with van der Waals surface area (Å²) >= 11 is 5.56. The van der Waals surface area contributed by atoms with Gasteiger partial charge in [-0.05, 0) is 38.9 Å². The molecule has 2 aliphatic rings. The van der Waals surface area contributed by atoms with Crippen molar-refractivity contribution in [2.45, 2.75) is 51.9 Å². The van der Waals surface area contributed by atoms with Gasteiger partial charge in [0.15, 0.2) is 4.77 Å². The van der Waals surface area contributed by atoms with E-state index in [0.29, 0.717) is 12.0 Å². The Bertz CT molecular complexity index is 505. The molecule has 106 valence electrons. The third kappa shape index (κ3) is 2.75. The molecule has 1 atom stereocenters. The van der Waals surface area contributed by atoms with E-state index in [1.54, 1.807) is 0 Å². The molecule has 0 bridgehead atoms. The molecule has 0 spiro atoms. The maximum absolute atomic E-state index is 5.57. The molecule has 6 heteroatoms. The highest BCUT2D eigenvalue weighted by Gasteiger charge is 2.30. The fourth-order valence-electron chi connectivity index (χ4n) is 2.70. The molecule has 19 heavy (non-hydrogen) atoms. The molecule has 1 aromatic rings. The average Bonchev–Trinajstić information content (AvgIpc) is 3.17. The van der Waals surface area contributed by atoms with Crippen molar-refractivity contribution in [2.75, 3.05) is 19.7 Å². The molecular weight excluding hydrogens is 260 g/mol. The highest BCUT2D eigenvalue weighted by Crippen LogP contribution is 2.39. The van der Waals surface area contributed by atoms with E-state index in [2.05, 4.69) is 23.3 Å². The van der Waals surface area contributed by atoms with Crippen LogP contribution in [0.3, 0.4) is 0 Å². The molecule has 2 heterocycles. The summed E-state index contributed by atoms with van der Waals surface area (Å²) in [7, 11) is 0. The summed E-state index contributed by atoms with van der Waals surface area (Å²) in [5, 5.41) is 4.75. The molecule has 0 N–H and O–H groups in total. The zero-order chi connectivity index (χ0) is 13.4. The Kier molecular flexibility index (Phi) is 3.73. The molecule has 5 nitrogen and oxygen atoms in total. The van der Waals surface area contributed by atoms with E-state index < -0.39 is 0 Å². The normalized spacial score (nSPS) is 24.8. The lowest BCUT2D eigenvalue weighted by atomic mass is 10.3. The SMILES string of the molecule is CCn1c(C2CC2)nn(CN2CCOC(C)C2)c1=S. The Hall–Kier alpha value is -0.720. The van der Waals surface area contributed by atoms with Gasteiger partial charge in [-0.15, -0.1) is 0 Å². The third-order valence-corrected chi connectivity index (χ3v) is 4.30. The lowest BCUT2D eigenvalue weighted by Gasteiger charge is -2.30. The summed E-state index contributed by atoms with van der Waals surface area (Å²) in [6.07, 6.45) is 2.83. The Morgan fingerprint density at radius 1 is 1.42 bits per heavy atom. The first-order valence-electron chi connectivity index (χ1n) is 7.20. The van der Waals surface area contributed by atoms with Gasteiger partial charge < -0.3 is 9.30 Å². The van der Waals surface area contributed by atoms with Gasteiger partial charge in [0.1, 0.15) is 5.82 Å². The Labute approximate surface area is 119 Å². The van der Waals surface area contributed by atoms with Crippen molar-refractivity contribution >= 4 is 12.2 Å². The van der Waals surface area contributed by atoms with E-state index in [9.17, 15) is 0 Å². The summed E-state index contributed by atoms with van der Waals surface area (Å²) in [6.45, 7) is 8.70. The fourth-order valence-corrected chi connectivity index (χ4v) is 3.02. The second-order valence-corrected chi connectivity index (χ2v) is 5.92. The van der Waals surface area contributed by atoms with Crippen LogP contribution in [0.4, 0.5) is 0 Å². The van der Waals surface area contributed by atoms with Gasteiger partial charge in [0.25, 0.3) is 0 Å². The van der Waals surface area contributed by atoms with E-state index in [4.69, 9.17) is 22.1 Å². The monoisotopic (exact) mass is 282 g/mol. The summed E-state index contributed by atoms with van der Waals surface area (Å²) in [5.74, 6) is 1.83. The predicted octanol–water partition coefficient (Wildman–Crippen LogP) is 1.99. The lowest BCUT2D eigenvalue weighted by molar-refractivity contribution is -0.0307.